The van der Waals surface area contributed by atoms with E-state index >= 15 is 0 Å². The number of hydrogen-bond donors (Lipinski definition) is 0. The van der Waals surface area contributed by atoms with Crippen molar-refractivity contribution in [2.75, 3.05) is 38.6 Å². The van der Waals surface area contributed by atoms with Crippen LogP contribution in [0.3, 0.4) is 0 Å². The standard InChI is InChI=1S/C22H28N6O2S/c1-26(12-13-27(2)22-24-21(25-31-22)28-11-9-23-17-28)10-8-19-15-29-16-20(30-19)14-18-6-4-3-5-7-18/h3-4,6,9,11,15-17H,5,7-8,10,12-14H2,1-2H3. The summed E-state index contributed by atoms with van der Waals surface area (Å²) in [6.07, 6.45) is 19.0. The number of nitrogens with zero attached hydrogens (tertiary/aromatic N) is 6. The highest BCUT2D eigenvalue weighted by Gasteiger charge is 2.14. The summed E-state index contributed by atoms with van der Waals surface area (Å²) >= 11 is 1.40. The van der Waals surface area contributed by atoms with Gasteiger partial charge in [0.1, 0.15) is 30.4 Å². The number of ether oxygens (including phenoxy) is 2. The van der Waals surface area contributed by atoms with Crippen LogP contribution in [0.5, 0.6) is 0 Å². The van der Waals surface area contributed by atoms with Gasteiger partial charge in [-0.3, -0.25) is 4.57 Å². The van der Waals surface area contributed by atoms with Crippen molar-refractivity contribution >= 4 is 16.7 Å². The van der Waals surface area contributed by atoms with E-state index < -0.39 is 0 Å². The molecule has 0 atom stereocenters. The molecule has 164 valence electrons. The fourth-order valence-electron chi connectivity index (χ4n) is 3.29. The van der Waals surface area contributed by atoms with E-state index in [2.05, 4.69) is 49.4 Å². The van der Waals surface area contributed by atoms with Crippen LogP contribution in [0.15, 0.2) is 66.6 Å². The molecule has 9 heteroatoms. The van der Waals surface area contributed by atoms with Crippen LogP contribution in [0.25, 0.3) is 5.95 Å². The normalized spacial score (nSPS) is 15.8. The average Bonchev–Trinajstić information content (AvgIpc) is 3.49. The number of likely N-dealkylation sites (N-methyl/N-ethyl adjacent to an activating group) is 2. The lowest BCUT2D eigenvalue weighted by molar-refractivity contribution is 0.198. The first-order chi connectivity index (χ1) is 15.2. The molecular formula is C22H28N6O2S. The van der Waals surface area contributed by atoms with Crippen molar-refractivity contribution in [3.63, 3.8) is 0 Å². The minimum absolute atomic E-state index is 0.656. The van der Waals surface area contributed by atoms with E-state index in [0.29, 0.717) is 5.95 Å². The smallest absolute Gasteiger partial charge is 0.248 e. The maximum atomic E-state index is 6.04. The van der Waals surface area contributed by atoms with Gasteiger partial charge in [0, 0.05) is 63.4 Å². The predicted octanol–water partition coefficient (Wildman–Crippen LogP) is 3.88. The van der Waals surface area contributed by atoms with Crippen molar-refractivity contribution in [3.8, 4) is 5.95 Å². The molecule has 0 amide bonds. The van der Waals surface area contributed by atoms with E-state index in [4.69, 9.17) is 9.47 Å². The van der Waals surface area contributed by atoms with Gasteiger partial charge in [-0.05, 0) is 19.9 Å². The maximum absolute atomic E-state index is 6.04. The van der Waals surface area contributed by atoms with E-state index in [-0.39, 0.29) is 0 Å². The number of hydrogen-bond acceptors (Lipinski definition) is 8. The molecular weight excluding hydrogens is 412 g/mol. The Balaban J connectivity index is 1.18. The Kier molecular flexibility index (Phi) is 7.16. The second-order valence-electron chi connectivity index (χ2n) is 7.70. The molecule has 0 N–H and O–H groups in total. The molecule has 0 bridgehead atoms. The first kappa shape index (κ1) is 21.3. The van der Waals surface area contributed by atoms with Gasteiger partial charge in [-0.1, -0.05) is 23.8 Å². The zero-order valence-corrected chi connectivity index (χ0v) is 18.8. The summed E-state index contributed by atoms with van der Waals surface area (Å²) in [5, 5.41) is 0.894. The molecule has 0 fully saturated rings. The molecule has 31 heavy (non-hydrogen) atoms. The molecule has 1 aliphatic heterocycles. The van der Waals surface area contributed by atoms with Crippen LogP contribution < -0.4 is 4.90 Å². The van der Waals surface area contributed by atoms with Gasteiger partial charge < -0.3 is 19.3 Å². The molecule has 2 aliphatic rings. The number of rotatable bonds is 10. The Morgan fingerprint density at radius 3 is 2.87 bits per heavy atom. The van der Waals surface area contributed by atoms with Crippen LogP contribution >= 0.6 is 11.5 Å². The molecule has 0 saturated carbocycles. The van der Waals surface area contributed by atoms with Crippen molar-refractivity contribution in [1.82, 2.24) is 23.8 Å². The quantitative estimate of drug-likeness (QED) is 0.555. The fraction of sp³-hybridized carbons (Fsp3) is 0.409. The predicted molar refractivity (Wildman–Crippen MR) is 122 cm³/mol. The molecule has 2 aromatic rings. The Morgan fingerprint density at radius 2 is 2.06 bits per heavy atom. The summed E-state index contributed by atoms with van der Waals surface area (Å²) in [5.41, 5.74) is 1.38. The third-order valence-electron chi connectivity index (χ3n) is 5.19. The number of allylic oxidation sites excluding steroid dienone is 4. The molecule has 1 aliphatic carbocycles. The van der Waals surface area contributed by atoms with E-state index in [0.717, 1.165) is 62.0 Å². The second kappa shape index (κ2) is 10.4. The molecule has 0 unspecified atom stereocenters. The third kappa shape index (κ3) is 6.05. The Labute approximate surface area is 187 Å². The lowest BCUT2D eigenvalue weighted by Gasteiger charge is -2.23. The van der Waals surface area contributed by atoms with Crippen molar-refractivity contribution in [1.29, 1.82) is 0 Å². The third-order valence-corrected chi connectivity index (χ3v) is 6.01. The van der Waals surface area contributed by atoms with E-state index in [1.165, 1.54) is 17.1 Å². The Hall–Kier alpha value is -2.91. The molecule has 3 heterocycles. The molecule has 0 radical (unpaired) electrons. The molecule has 4 rings (SSSR count). The number of anilines is 1. The summed E-state index contributed by atoms with van der Waals surface area (Å²) in [4.78, 5) is 13.0. The lowest BCUT2D eigenvalue weighted by Crippen LogP contribution is -2.31. The van der Waals surface area contributed by atoms with Crippen LogP contribution in [0, 0.1) is 0 Å². The number of imidazole rings is 1. The second-order valence-corrected chi connectivity index (χ2v) is 8.43. The summed E-state index contributed by atoms with van der Waals surface area (Å²) in [5.74, 6) is 2.41. The van der Waals surface area contributed by atoms with Gasteiger partial charge in [-0.25, -0.2) is 4.98 Å². The van der Waals surface area contributed by atoms with E-state index in [1.54, 1.807) is 25.0 Å². The Bertz CT molecular complexity index is 976. The van der Waals surface area contributed by atoms with Gasteiger partial charge in [0.2, 0.25) is 11.1 Å². The summed E-state index contributed by atoms with van der Waals surface area (Å²) in [6.45, 7) is 2.66. The lowest BCUT2D eigenvalue weighted by atomic mass is 10.0. The van der Waals surface area contributed by atoms with Crippen LogP contribution in [0.1, 0.15) is 25.7 Å². The van der Waals surface area contributed by atoms with Gasteiger partial charge in [0.15, 0.2) is 0 Å². The molecule has 0 aromatic carbocycles. The zero-order chi connectivity index (χ0) is 21.5. The Morgan fingerprint density at radius 1 is 1.16 bits per heavy atom. The first-order valence-corrected chi connectivity index (χ1v) is 11.2. The summed E-state index contributed by atoms with van der Waals surface area (Å²) in [7, 11) is 4.16. The highest BCUT2D eigenvalue weighted by atomic mass is 32.1. The van der Waals surface area contributed by atoms with Crippen LogP contribution in [-0.4, -0.2) is 57.5 Å². The van der Waals surface area contributed by atoms with Crippen molar-refractivity contribution in [3.05, 3.63) is 66.6 Å². The van der Waals surface area contributed by atoms with Crippen LogP contribution in [0.4, 0.5) is 5.13 Å². The van der Waals surface area contributed by atoms with Crippen molar-refractivity contribution < 1.29 is 9.47 Å². The number of aromatic nitrogens is 4. The summed E-state index contributed by atoms with van der Waals surface area (Å²) < 4.78 is 17.8. The maximum Gasteiger partial charge on any atom is 0.248 e. The van der Waals surface area contributed by atoms with Gasteiger partial charge in [-0.15, -0.1) is 0 Å². The molecule has 0 spiro atoms. The zero-order valence-electron chi connectivity index (χ0n) is 18.0. The molecule has 8 nitrogen and oxygen atoms in total. The SMILES string of the molecule is CN(CCC1=COC=C(CC2=CC=CCC2)O1)CCN(C)c1nc(-n2ccnc2)ns1. The first-order valence-electron chi connectivity index (χ1n) is 10.4. The molecule has 2 aromatic heterocycles. The van der Waals surface area contributed by atoms with E-state index in [1.807, 2.05) is 17.8 Å². The minimum Gasteiger partial charge on any atom is -0.466 e. The topological polar surface area (TPSA) is 68.5 Å². The fourth-order valence-corrected chi connectivity index (χ4v) is 3.94. The minimum atomic E-state index is 0.656. The van der Waals surface area contributed by atoms with Crippen molar-refractivity contribution in [2.45, 2.75) is 25.7 Å². The van der Waals surface area contributed by atoms with E-state index in [9.17, 15) is 0 Å². The highest BCUT2D eigenvalue weighted by molar-refractivity contribution is 7.09. The summed E-state index contributed by atoms with van der Waals surface area (Å²) in [6, 6.07) is 0. The van der Waals surface area contributed by atoms with Gasteiger partial charge in [0.25, 0.3) is 0 Å². The van der Waals surface area contributed by atoms with Gasteiger partial charge >= 0.3 is 0 Å². The highest BCUT2D eigenvalue weighted by Crippen LogP contribution is 2.25. The largest absolute Gasteiger partial charge is 0.466 e. The van der Waals surface area contributed by atoms with Crippen LogP contribution in [-0.2, 0) is 9.47 Å². The molecule has 0 saturated heterocycles. The average molecular weight is 441 g/mol. The van der Waals surface area contributed by atoms with Gasteiger partial charge in [0.05, 0.1) is 0 Å². The van der Waals surface area contributed by atoms with Crippen LogP contribution in [0.2, 0.25) is 0 Å². The van der Waals surface area contributed by atoms with Crippen molar-refractivity contribution in [2.24, 2.45) is 0 Å². The van der Waals surface area contributed by atoms with Gasteiger partial charge in [-0.2, -0.15) is 9.36 Å². The monoisotopic (exact) mass is 440 g/mol.